The van der Waals surface area contributed by atoms with Gasteiger partial charge in [-0.3, -0.25) is 4.90 Å². The van der Waals surface area contributed by atoms with Gasteiger partial charge in [0.1, 0.15) is 18.2 Å². The predicted molar refractivity (Wildman–Crippen MR) is 64.9 cm³/mol. The summed E-state index contributed by atoms with van der Waals surface area (Å²) >= 11 is 0. The number of nitriles is 1. The highest BCUT2D eigenvalue weighted by atomic mass is 16.5. The Morgan fingerprint density at radius 1 is 1.47 bits per heavy atom. The van der Waals surface area contributed by atoms with Crippen molar-refractivity contribution in [2.75, 3.05) is 26.2 Å². The molecule has 1 aliphatic heterocycles. The molecule has 0 radical (unpaired) electrons. The normalized spacial score (nSPS) is 15.8. The molecule has 2 rings (SSSR count). The molecule has 1 aromatic rings. The van der Waals surface area contributed by atoms with Gasteiger partial charge in [-0.15, -0.1) is 0 Å². The molecule has 17 heavy (non-hydrogen) atoms. The number of rotatable bonds is 4. The van der Waals surface area contributed by atoms with Gasteiger partial charge in [0.05, 0.1) is 0 Å². The fourth-order valence-electron chi connectivity index (χ4n) is 2.06. The summed E-state index contributed by atoms with van der Waals surface area (Å²) in [5.41, 5.74) is 1.47. The number of hydrogen-bond donors (Lipinski definition) is 0. The van der Waals surface area contributed by atoms with Crippen LogP contribution < -0.4 is 4.74 Å². The second-order valence-corrected chi connectivity index (χ2v) is 4.32. The van der Waals surface area contributed by atoms with Gasteiger partial charge in [0.2, 0.25) is 5.88 Å². The number of nitrogens with zero attached hydrogens (tertiary/aromatic N) is 3. The van der Waals surface area contributed by atoms with Crippen molar-refractivity contribution in [2.45, 2.75) is 19.8 Å². The van der Waals surface area contributed by atoms with Gasteiger partial charge in [0.25, 0.3) is 0 Å². The standard InChI is InChI=1S/C13H17N3O/c1-11-4-5-15-13(12(11)10-14)17-9-8-16-6-2-3-7-16/h4-5H,2-3,6-9H2,1H3. The molecule has 1 saturated heterocycles. The molecule has 4 nitrogen and oxygen atoms in total. The SMILES string of the molecule is Cc1ccnc(OCCN2CCCC2)c1C#N. The van der Waals surface area contributed by atoms with E-state index in [1.807, 2.05) is 13.0 Å². The van der Waals surface area contributed by atoms with E-state index in [4.69, 9.17) is 10.00 Å². The molecule has 0 saturated carbocycles. The first-order valence-corrected chi connectivity index (χ1v) is 6.02. The van der Waals surface area contributed by atoms with Crippen LogP contribution in [0, 0.1) is 18.3 Å². The molecule has 90 valence electrons. The van der Waals surface area contributed by atoms with Crippen LogP contribution in [0.25, 0.3) is 0 Å². The van der Waals surface area contributed by atoms with Crippen molar-refractivity contribution in [3.8, 4) is 11.9 Å². The van der Waals surface area contributed by atoms with Crippen LogP contribution in [0.2, 0.25) is 0 Å². The Balaban J connectivity index is 1.90. The van der Waals surface area contributed by atoms with Gasteiger partial charge in [-0.2, -0.15) is 5.26 Å². The van der Waals surface area contributed by atoms with Crippen molar-refractivity contribution < 1.29 is 4.74 Å². The summed E-state index contributed by atoms with van der Waals surface area (Å²) in [4.78, 5) is 6.49. The fraction of sp³-hybridized carbons (Fsp3) is 0.538. The lowest BCUT2D eigenvalue weighted by Crippen LogP contribution is -2.25. The summed E-state index contributed by atoms with van der Waals surface area (Å²) in [5.74, 6) is 0.465. The second-order valence-electron chi connectivity index (χ2n) is 4.32. The first-order chi connectivity index (χ1) is 8.31. The predicted octanol–water partition coefficient (Wildman–Crippen LogP) is 1.74. The second kappa shape index (κ2) is 5.65. The number of ether oxygens (including phenoxy) is 1. The van der Waals surface area contributed by atoms with Crippen molar-refractivity contribution >= 4 is 0 Å². The lowest BCUT2D eigenvalue weighted by Gasteiger charge is -2.15. The average Bonchev–Trinajstić information content (AvgIpc) is 2.82. The molecule has 0 aliphatic carbocycles. The monoisotopic (exact) mass is 231 g/mol. The topological polar surface area (TPSA) is 49.1 Å². The lowest BCUT2D eigenvalue weighted by atomic mass is 10.2. The van der Waals surface area contributed by atoms with Crippen molar-refractivity contribution in [2.24, 2.45) is 0 Å². The highest BCUT2D eigenvalue weighted by molar-refractivity contribution is 5.43. The van der Waals surface area contributed by atoms with Crippen LogP contribution in [-0.4, -0.2) is 36.1 Å². The van der Waals surface area contributed by atoms with Gasteiger partial charge in [0, 0.05) is 12.7 Å². The molecular formula is C13H17N3O. The van der Waals surface area contributed by atoms with Crippen LogP contribution in [0.5, 0.6) is 5.88 Å². The van der Waals surface area contributed by atoms with Gasteiger partial charge in [-0.05, 0) is 44.5 Å². The van der Waals surface area contributed by atoms with Gasteiger partial charge < -0.3 is 4.74 Å². The molecular weight excluding hydrogens is 214 g/mol. The molecule has 0 amide bonds. The van der Waals surface area contributed by atoms with E-state index in [0.29, 0.717) is 18.1 Å². The Morgan fingerprint density at radius 3 is 2.94 bits per heavy atom. The highest BCUT2D eigenvalue weighted by Gasteiger charge is 2.12. The van der Waals surface area contributed by atoms with Gasteiger partial charge in [0.15, 0.2) is 0 Å². The maximum absolute atomic E-state index is 9.03. The minimum Gasteiger partial charge on any atom is -0.475 e. The van der Waals surface area contributed by atoms with E-state index >= 15 is 0 Å². The molecule has 4 heteroatoms. The van der Waals surface area contributed by atoms with Gasteiger partial charge in [-0.1, -0.05) is 0 Å². The Morgan fingerprint density at radius 2 is 2.24 bits per heavy atom. The zero-order chi connectivity index (χ0) is 12.1. The zero-order valence-electron chi connectivity index (χ0n) is 10.1. The number of pyridine rings is 1. The average molecular weight is 231 g/mol. The summed E-state index contributed by atoms with van der Waals surface area (Å²) in [7, 11) is 0. The number of aromatic nitrogens is 1. The van der Waals surface area contributed by atoms with Gasteiger partial charge >= 0.3 is 0 Å². The van der Waals surface area contributed by atoms with Crippen LogP contribution in [0.1, 0.15) is 24.0 Å². The fourth-order valence-corrected chi connectivity index (χ4v) is 2.06. The van der Waals surface area contributed by atoms with Crippen LogP contribution in [0.15, 0.2) is 12.3 Å². The molecule has 1 aliphatic rings. The molecule has 1 fully saturated rings. The van der Waals surface area contributed by atoms with E-state index in [2.05, 4.69) is 16.0 Å². The van der Waals surface area contributed by atoms with E-state index in [9.17, 15) is 0 Å². The molecule has 0 aromatic carbocycles. The van der Waals surface area contributed by atoms with Crippen molar-refractivity contribution in [1.29, 1.82) is 5.26 Å². The molecule has 0 bridgehead atoms. The Hall–Kier alpha value is -1.60. The first kappa shape index (κ1) is 11.9. The Labute approximate surface area is 102 Å². The maximum Gasteiger partial charge on any atom is 0.231 e. The third-order valence-electron chi connectivity index (χ3n) is 3.08. The molecule has 0 N–H and O–H groups in total. The minimum atomic E-state index is 0.465. The largest absolute Gasteiger partial charge is 0.475 e. The maximum atomic E-state index is 9.03. The molecule has 0 atom stereocenters. The Kier molecular flexibility index (Phi) is 3.94. The van der Waals surface area contributed by atoms with Crippen molar-refractivity contribution in [3.05, 3.63) is 23.4 Å². The van der Waals surface area contributed by atoms with E-state index < -0.39 is 0 Å². The van der Waals surface area contributed by atoms with E-state index in [1.54, 1.807) is 6.20 Å². The molecule has 0 spiro atoms. The van der Waals surface area contributed by atoms with Crippen LogP contribution in [-0.2, 0) is 0 Å². The summed E-state index contributed by atoms with van der Waals surface area (Å²) in [6.07, 6.45) is 4.25. The van der Waals surface area contributed by atoms with E-state index in [0.717, 1.165) is 25.2 Å². The quantitative estimate of drug-likeness (QED) is 0.792. The minimum absolute atomic E-state index is 0.465. The summed E-state index contributed by atoms with van der Waals surface area (Å²) in [6, 6.07) is 3.97. The van der Waals surface area contributed by atoms with E-state index in [1.165, 1.54) is 12.8 Å². The highest BCUT2D eigenvalue weighted by Crippen LogP contribution is 2.17. The number of likely N-dealkylation sites (tertiary alicyclic amines) is 1. The summed E-state index contributed by atoms with van der Waals surface area (Å²) in [5, 5.41) is 9.03. The first-order valence-electron chi connectivity index (χ1n) is 6.02. The summed E-state index contributed by atoms with van der Waals surface area (Å²) < 4.78 is 5.60. The van der Waals surface area contributed by atoms with Crippen LogP contribution in [0.3, 0.4) is 0 Å². The molecule has 2 heterocycles. The third kappa shape index (κ3) is 2.95. The van der Waals surface area contributed by atoms with Crippen LogP contribution in [0.4, 0.5) is 0 Å². The molecule has 0 unspecified atom stereocenters. The summed E-state index contributed by atoms with van der Waals surface area (Å²) in [6.45, 7) is 5.74. The molecule has 1 aromatic heterocycles. The van der Waals surface area contributed by atoms with Crippen molar-refractivity contribution in [1.82, 2.24) is 9.88 Å². The zero-order valence-corrected chi connectivity index (χ0v) is 10.1. The van der Waals surface area contributed by atoms with E-state index in [-0.39, 0.29) is 0 Å². The number of hydrogen-bond acceptors (Lipinski definition) is 4. The smallest absolute Gasteiger partial charge is 0.231 e. The number of aryl methyl sites for hydroxylation is 1. The van der Waals surface area contributed by atoms with Crippen molar-refractivity contribution in [3.63, 3.8) is 0 Å². The van der Waals surface area contributed by atoms with Gasteiger partial charge in [-0.25, -0.2) is 4.98 Å². The van der Waals surface area contributed by atoms with Crippen LogP contribution >= 0.6 is 0 Å². The Bertz CT molecular complexity index is 419. The third-order valence-corrected chi connectivity index (χ3v) is 3.08. The lowest BCUT2D eigenvalue weighted by molar-refractivity contribution is 0.231.